The molecule has 2 aliphatic rings. The van der Waals surface area contributed by atoms with Gasteiger partial charge in [-0.3, -0.25) is 4.79 Å². The highest BCUT2D eigenvalue weighted by Crippen LogP contribution is 2.30. The molecule has 2 fully saturated rings. The molecule has 74 valence electrons. The molecular weight excluding hydrogens is 164 g/mol. The summed E-state index contributed by atoms with van der Waals surface area (Å²) in [6.07, 6.45) is 4.82. The van der Waals surface area contributed by atoms with Crippen molar-refractivity contribution in [3.05, 3.63) is 0 Å². The Bertz CT molecular complexity index is 201. The lowest BCUT2D eigenvalue weighted by Gasteiger charge is -2.32. The molecular formula is C10H18N2O. The van der Waals surface area contributed by atoms with Crippen molar-refractivity contribution in [2.45, 2.75) is 31.7 Å². The average molecular weight is 182 g/mol. The van der Waals surface area contributed by atoms with Gasteiger partial charge in [0.2, 0.25) is 5.91 Å². The number of likely N-dealkylation sites (tertiary alicyclic amines) is 1. The first-order chi connectivity index (χ1) is 6.31. The van der Waals surface area contributed by atoms with Gasteiger partial charge in [-0.25, -0.2) is 0 Å². The van der Waals surface area contributed by atoms with Crippen LogP contribution in [0.25, 0.3) is 0 Å². The van der Waals surface area contributed by atoms with Crippen LogP contribution in [0.4, 0.5) is 0 Å². The summed E-state index contributed by atoms with van der Waals surface area (Å²) in [6.45, 7) is 1.99. The molecule has 0 spiro atoms. The third kappa shape index (κ3) is 2.02. The van der Waals surface area contributed by atoms with Crippen LogP contribution < -0.4 is 5.32 Å². The molecule has 1 saturated heterocycles. The van der Waals surface area contributed by atoms with E-state index in [4.69, 9.17) is 0 Å². The van der Waals surface area contributed by atoms with Gasteiger partial charge >= 0.3 is 0 Å². The Balaban J connectivity index is 1.89. The van der Waals surface area contributed by atoms with E-state index in [0.717, 1.165) is 31.8 Å². The van der Waals surface area contributed by atoms with Gasteiger partial charge in [0, 0.05) is 13.1 Å². The lowest BCUT2D eigenvalue weighted by atomic mass is 10.0. The molecule has 0 aromatic carbocycles. The number of piperidine rings is 1. The topological polar surface area (TPSA) is 32.3 Å². The van der Waals surface area contributed by atoms with Gasteiger partial charge in [-0.2, -0.15) is 0 Å². The number of nitrogens with one attached hydrogen (secondary N) is 1. The predicted octanol–water partition coefficient (Wildman–Crippen LogP) is 0.607. The van der Waals surface area contributed by atoms with Crippen LogP contribution in [0.3, 0.4) is 0 Å². The summed E-state index contributed by atoms with van der Waals surface area (Å²) in [7, 11) is 1.88. The predicted molar refractivity (Wildman–Crippen MR) is 51.4 cm³/mol. The first-order valence-electron chi connectivity index (χ1n) is 5.27. The minimum absolute atomic E-state index is 0.0903. The van der Waals surface area contributed by atoms with Crippen LogP contribution in [0.5, 0.6) is 0 Å². The zero-order chi connectivity index (χ0) is 9.26. The Morgan fingerprint density at radius 1 is 1.46 bits per heavy atom. The van der Waals surface area contributed by atoms with Crippen molar-refractivity contribution in [1.82, 2.24) is 10.2 Å². The van der Waals surface area contributed by atoms with E-state index in [2.05, 4.69) is 5.32 Å². The molecule has 1 amide bonds. The fraction of sp³-hybridized carbons (Fsp3) is 0.900. The van der Waals surface area contributed by atoms with Gasteiger partial charge in [-0.1, -0.05) is 0 Å². The molecule has 0 aromatic rings. The van der Waals surface area contributed by atoms with E-state index in [1.165, 1.54) is 12.8 Å². The maximum absolute atomic E-state index is 11.8. The molecule has 0 radical (unpaired) electrons. The van der Waals surface area contributed by atoms with Gasteiger partial charge in [0.05, 0.1) is 6.04 Å². The lowest BCUT2D eigenvalue weighted by molar-refractivity contribution is -0.136. The second kappa shape index (κ2) is 3.66. The zero-order valence-corrected chi connectivity index (χ0v) is 8.25. The second-order valence-corrected chi connectivity index (χ2v) is 4.21. The van der Waals surface area contributed by atoms with E-state index in [1.54, 1.807) is 0 Å². The largest absolute Gasteiger partial charge is 0.341 e. The number of hydrogen-bond acceptors (Lipinski definition) is 2. The van der Waals surface area contributed by atoms with Gasteiger partial charge in [0.25, 0.3) is 0 Å². The Morgan fingerprint density at radius 2 is 2.23 bits per heavy atom. The average Bonchev–Trinajstić information content (AvgIpc) is 2.92. The normalized spacial score (nSPS) is 29.5. The summed E-state index contributed by atoms with van der Waals surface area (Å²) >= 11 is 0. The number of hydrogen-bond donors (Lipinski definition) is 1. The van der Waals surface area contributed by atoms with E-state index in [1.807, 2.05) is 11.9 Å². The van der Waals surface area contributed by atoms with Crippen molar-refractivity contribution in [3.8, 4) is 0 Å². The molecule has 1 heterocycles. The van der Waals surface area contributed by atoms with Crippen LogP contribution in [0.1, 0.15) is 25.7 Å². The smallest absolute Gasteiger partial charge is 0.239 e. The number of amides is 1. The summed E-state index contributed by atoms with van der Waals surface area (Å²) in [5.41, 5.74) is 0. The Hall–Kier alpha value is -0.570. The summed E-state index contributed by atoms with van der Waals surface area (Å²) in [6, 6.07) is 0.0903. The highest BCUT2D eigenvalue weighted by Gasteiger charge is 2.31. The maximum Gasteiger partial charge on any atom is 0.239 e. The van der Waals surface area contributed by atoms with Crippen molar-refractivity contribution in [2.75, 3.05) is 20.1 Å². The van der Waals surface area contributed by atoms with Crippen molar-refractivity contribution in [2.24, 2.45) is 5.92 Å². The van der Waals surface area contributed by atoms with E-state index in [9.17, 15) is 4.79 Å². The van der Waals surface area contributed by atoms with Crippen LogP contribution in [0, 0.1) is 5.92 Å². The molecule has 1 aliphatic heterocycles. The van der Waals surface area contributed by atoms with Gasteiger partial charge in [-0.05, 0) is 38.6 Å². The van der Waals surface area contributed by atoms with Crippen LogP contribution >= 0.6 is 0 Å². The minimum Gasteiger partial charge on any atom is -0.341 e. The number of rotatable bonds is 3. The molecule has 1 unspecified atom stereocenters. The third-order valence-electron chi connectivity index (χ3n) is 3.05. The lowest BCUT2D eigenvalue weighted by Crippen LogP contribution is -2.50. The highest BCUT2D eigenvalue weighted by atomic mass is 16.2. The number of carbonyl (C=O) groups is 1. The first-order valence-corrected chi connectivity index (χ1v) is 5.27. The molecule has 3 nitrogen and oxygen atoms in total. The fourth-order valence-electron chi connectivity index (χ4n) is 2.00. The minimum atomic E-state index is 0.0903. The number of likely N-dealkylation sites (N-methyl/N-ethyl adjacent to an activating group) is 1. The summed E-state index contributed by atoms with van der Waals surface area (Å²) in [5, 5.41) is 3.09. The van der Waals surface area contributed by atoms with Crippen LogP contribution in [-0.2, 0) is 4.79 Å². The van der Waals surface area contributed by atoms with Crippen molar-refractivity contribution < 1.29 is 4.79 Å². The molecule has 0 aromatic heterocycles. The molecule has 1 N–H and O–H groups in total. The Kier molecular flexibility index (Phi) is 2.54. The molecule has 1 atom stereocenters. The molecule has 13 heavy (non-hydrogen) atoms. The van der Waals surface area contributed by atoms with E-state index in [-0.39, 0.29) is 6.04 Å². The van der Waals surface area contributed by atoms with Crippen molar-refractivity contribution in [1.29, 1.82) is 0 Å². The van der Waals surface area contributed by atoms with E-state index < -0.39 is 0 Å². The fourth-order valence-corrected chi connectivity index (χ4v) is 2.00. The number of carbonyl (C=O) groups excluding carboxylic acids is 1. The van der Waals surface area contributed by atoms with Gasteiger partial charge in [0.15, 0.2) is 0 Å². The molecule has 3 heteroatoms. The third-order valence-corrected chi connectivity index (χ3v) is 3.05. The Morgan fingerprint density at radius 3 is 2.85 bits per heavy atom. The quantitative estimate of drug-likeness (QED) is 0.693. The van der Waals surface area contributed by atoms with E-state index >= 15 is 0 Å². The molecule has 0 bridgehead atoms. The molecule has 1 saturated carbocycles. The maximum atomic E-state index is 11.8. The second-order valence-electron chi connectivity index (χ2n) is 4.21. The summed E-state index contributed by atoms with van der Waals surface area (Å²) in [4.78, 5) is 13.8. The summed E-state index contributed by atoms with van der Waals surface area (Å²) < 4.78 is 0. The molecule has 2 rings (SSSR count). The van der Waals surface area contributed by atoms with Crippen molar-refractivity contribution in [3.63, 3.8) is 0 Å². The SMILES string of the molecule is CNC1CCCN(CC2CC2)C1=O. The molecule has 1 aliphatic carbocycles. The van der Waals surface area contributed by atoms with Gasteiger partial charge in [-0.15, -0.1) is 0 Å². The first kappa shape index (κ1) is 9.00. The van der Waals surface area contributed by atoms with Crippen LogP contribution in [0.2, 0.25) is 0 Å². The van der Waals surface area contributed by atoms with Gasteiger partial charge < -0.3 is 10.2 Å². The highest BCUT2D eigenvalue weighted by molar-refractivity contribution is 5.82. The monoisotopic (exact) mass is 182 g/mol. The van der Waals surface area contributed by atoms with Gasteiger partial charge in [0.1, 0.15) is 0 Å². The van der Waals surface area contributed by atoms with Crippen molar-refractivity contribution >= 4 is 5.91 Å². The zero-order valence-electron chi connectivity index (χ0n) is 8.25. The van der Waals surface area contributed by atoms with Crippen LogP contribution in [-0.4, -0.2) is 37.0 Å². The van der Waals surface area contributed by atoms with E-state index in [0.29, 0.717) is 5.91 Å². The summed E-state index contributed by atoms with van der Waals surface area (Å²) in [5.74, 6) is 1.14. The Labute approximate surface area is 79.5 Å². The van der Waals surface area contributed by atoms with Crippen LogP contribution in [0.15, 0.2) is 0 Å². The standard InChI is InChI=1S/C10H18N2O/c1-11-9-3-2-6-12(10(9)13)7-8-4-5-8/h8-9,11H,2-7H2,1H3. The number of nitrogens with zero attached hydrogens (tertiary/aromatic N) is 1.